The molecule has 6 heteroatoms. The Labute approximate surface area is 130 Å². The van der Waals surface area contributed by atoms with Crippen molar-refractivity contribution in [3.63, 3.8) is 0 Å². The van der Waals surface area contributed by atoms with Crippen molar-refractivity contribution in [3.05, 3.63) is 46.4 Å². The molecule has 0 bridgehead atoms. The number of amides is 1. The van der Waals surface area contributed by atoms with Crippen LogP contribution in [0.2, 0.25) is 0 Å². The first kappa shape index (κ1) is 15.2. The molecule has 2 aromatic rings. The predicted molar refractivity (Wildman–Crippen MR) is 83.3 cm³/mol. The third-order valence-electron chi connectivity index (χ3n) is 2.85. The van der Waals surface area contributed by atoms with Crippen molar-refractivity contribution in [2.75, 3.05) is 19.5 Å². The maximum atomic E-state index is 12.1. The second kappa shape index (κ2) is 6.49. The van der Waals surface area contributed by atoms with Crippen molar-refractivity contribution in [2.24, 2.45) is 0 Å². The lowest BCUT2D eigenvalue weighted by Gasteiger charge is -2.09. The molecule has 0 saturated carbocycles. The summed E-state index contributed by atoms with van der Waals surface area (Å²) in [4.78, 5) is 12.1. The zero-order valence-corrected chi connectivity index (χ0v) is 13.1. The van der Waals surface area contributed by atoms with E-state index in [4.69, 9.17) is 9.47 Å². The van der Waals surface area contributed by atoms with E-state index in [2.05, 4.69) is 21.2 Å². The minimum absolute atomic E-state index is 0.0359. The number of ether oxygens (including phenoxy) is 2. The third-order valence-corrected chi connectivity index (χ3v) is 3.47. The van der Waals surface area contributed by atoms with Crippen LogP contribution in [0.5, 0.6) is 17.2 Å². The lowest BCUT2D eigenvalue weighted by Crippen LogP contribution is -2.11. The fourth-order valence-corrected chi connectivity index (χ4v) is 2.32. The highest BCUT2D eigenvalue weighted by atomic mass is 79.9. The fraction of sp³-hybridized carbons (Fsp3) is 0.133. The molecule has 21 heavy (non-hydrogen) atoms. The average Bonchev–Trinajstić information content (AvgIpc) is 2.47. The number of phenolic OH excluding ortho intramolecular Hbond substituents is 1. The molecule has 0 fully saturated rings. The van der Waals surface area contributed by atoms with Gasteiger partial charge in [0.25, 0.3) is 5.91 Å². The standard InChI is InChI=1S/C15H14BrNO4/c1-20-13-5-3-9(7-11(13)16)15(19)17-10-4-6-14(21-2)12(18)8-10/h3-8,18H,1-2H3,(H,17,19). The van der Waals surface area contributed by atoms with Crippen LogP contribution in [-0.4, -0.2) is 25.2 Å². The zero-order chi connectivity index (χ0) is 15.4. The number of carbonyl (C=O) groups excluding carboxylic acids is 1. The fourth-order valence-electron chi connectivity index (χ4n) is 1.78. The van der Waals surface area contributed by atoms with Gasteiger partial charge >= 0.3 is 0 Å². The van der Waals surface area contributed by atoms with Crippen LogP contribution in [0.15, 0.2) is 40.9 Å². The van der Waals surface area contributed by atoms with Crippen LogP contribution in [0.25, 0.3) is 0 Å². The van der Waals surface area contributed by atoms with Crippen LogP contribution >= 0.6 is 15.9 Å². The summed E-state index contributed by atoms with van der Waals surface area (Å²) in [7, 11) is 3.02. The molecule has 0 aliphatic heterocycles. The highest BCUT2D eigenvalue weighted by molar-refractivity contribution is 9.10. The maximum Gasteiger partial charge on any atom is 0.255 e. The Hall–Kier alpha value is -2.21. The van der Waals surface area contributed by atoms with E-state index < -0.39 is 0 Å². The van der Waals surface area contributed by atoms with Gasteiger partial charge in [0.2, 0.25) is 0 Å². The average molecular weight is 352 g/mol. The first-order chi connectivity index (χ1) is 10.0. The number of methoxy groups -OCH3 is 2. The van der Waals surface area contributed by atoms with Crippen LogP contribution in [0.3, 0.4) is 0 Å². The van der Waals surface area contributed by atoms with Gasteiger partial charge in [0.15, 0.2) is 11.5 Å². The lowest BCUT2D eigenvalue weighted by atomic mass is 10.2. The summed E-state index contributed by atoms with van der Waals surface area (Å²) in [6.07, 6.45) is 0. The second-order valence-corrected chi connectivity index (χ2v) is 5.04. The van der Waals surface area contributed by atoms with Gasteiger partial charge < -0.3 is 19.9 Å². The SMILES string of the molecule is COc1ccc(NC(=O)c2ccc(OC)c(Br)c2)cc1O. The molecule has 2 aromatic carbocycles. The summed E-state index contributed by atoms with van der Waals surface area (Å²) in [5.74, 6) is 0.669. The van der Waals surface area contributed by atoms with Crippen molar-refractivity contribution < 1.29 is 19.4 Å². The number of anilines is 1. The molecular weight excluding hydrogens is 338 g/mol. The van der Waals surface area contributed by atoms with Crippen molar-refractivity contribution in [2.45, 2.75) is 0 Å². The number of aromatic hydroxyl groups is 1. The topological polar surface area (TPSA) is 67.8 Å². The third kappa shape index (κ3) is 3.46. The minimum Gasteiger partial charge on any atom is -0.504 e. The van der Waals surface area contributed by atoms with Gasteiger partial charge in [-0.2, -0.15) is 0 Å². The Bertz CT molecular complexity index is 673. The van der Waals surface area contributed by atoms with Crippen molar-refractivity contribution in [1.29, 1.82) is 0 Å². The summed E-state index contributed by atoms with van der Waals surface area (Å²) in [6, 6.07) is 9.67. The Kier molecular flexibility index (Phi) is 4.70. The predicted octanol–water partition coefficient (Wildman–Crippen LogP) is 3.42. The number of carbonyl (C=O) groups is 1. The summed E-state index contributed by atoms with van der Waals surface area (Å²) >= 11 is 3.33. The van der Waals surface area contributed by atoms with Crippen LogP contribution in [0.1, 0.15) is 10.4 Å². The number of halogens is 1. The van der Waals surface area contributed by atoms with Gasteiger partial charge in [-0.3, -0.25) is 4.79 Å². The number of benzene rings is 2. The van der Waals surface area contributed by atoms with E-state index in [-0.39, 0.29) is 11.7 Å². The van der Waals surface area contributed by atoms with Crippen LogP contribution in [0, 0.1) is 0 Å². The summed E-state index contributed by atoms with van der Waals surface area (Å²) < 4.78 is 10.8. The number of hydrogen-bond acceptors (Lipinski definition) is 4. The van der Waals surface area contributed by atoms with Gasteiger partial charge in [0.05, 0.1) is 18.7 Å². The molecule has 0 aliphatic carbocycles. The van der Waals surface area contributed by atoms with E-state index in [1.54, 1.807) is 37.4 Å². The first-order valence-corrected chi connectivity index (χ1v) is 6.86. The maximum absolute atomic E-state index is 12.1. The lowest BCUT2D eigenvalue weighted by molar-refractivity contribution is 0.102. The molecule has 5 nitrogen and oxygen atoms in total. The van der Waals surface area contributed by atoms with Crippen LogP contribution < -0.4 is 14.8 Å². The second-order valence-electron chi connectivity index (χ2n) is 4.19. The van der Waals surface area contributed by atoms with Crippen molar-refractivity contribution in [1.82, 2.24) is 0 Å². The largest absolute Gasteiger partial charge is 0.504 e. The van der Waals surface area contributed by atoms with E-state index in [1.165, 1.54) is 13.2 Å². The number of hydrogen-bond donors (Lipinski definition) is 2. The van der Waals surface area contributed by atoms with Gasteiger partial charge in [0.1, 0.15) is 5.75 Å². The quantitative estimate of drug-likeness (QED) is 0.885. The number of nitrogens with one attached hydrogen (secondary N) is 1. The molecule has 0 spiro atoms. The molecule has 0 aromatic heterocycles. The van der Waals surface area contributed by atoms with Crippen molar-refractivity contribution in [3.8, 4) is 17.2 Å². The van der Waals surface area contributed by atoms with Crippen LogP contribution in [-0.2, 0) is 0 Å². The van der Waals surface area contributed by atoms with E-state index >= 15 is 0 Å². The van der Waals surface area contributed by atoms with E-state index in [0.717, 1.165) is 0 Å². The van der Waals surface area contributed by atoms with E-state index in [0.29, 0.717) is 27.2 Å². The molecule has 2 N–H and O–H groups in total. The summed E-state index contributed by atoms with van der Waals surface area (Å²) in [5, 5.41) is 12.4. The van der Waals surface area contributed by atoms with Gasteiger partial charge in [-0.05, 0) is 46.3 Å². The highest BCUT2D eigenvalue weighted by Gasteiger charge is 2.10. The molecule has 0 heterocycles. The summed E-state index contributed by atoms with van der Waals surface area (Å²) in [5.41, 5.74) is 0.947. The molecule has 2 rings (SSSR count). The molecule has 1 amide bonds. The first-order valence-electron chi connectivity index (χ1n) is 6.07. The number of rotatable bonds is 4. The Morgan fingerprint density at radius 2 is 1.76 bits per heavy atom. The summed E-state index contributed by atoms with van der Waals surface area (Å²) in [6.45, 7) is 0. The monoisotopic (exact) mass is 351 g/mol. The molecule has 110 valence electrons. The van der Waals surface area contributed by atoms with Gasteiger partial charge in [0, 0.05) is 17.3 Å². The molecular formula is C15H14BrNO4. The number of phenols is 1. The Balaban J connectivity index is 2.18. The smallest absolute Gasteiger partial charge is 0.255 e. The van der Waals surface area contributed by atoms with Gasteiger partial charge in [-0.25, -0.2) is 0 Å². The Morgan fingerprint density at radius 3 is 2.33 bits per heavy atom. The van der Waals surface area contributed by atoms with E-state index in [1.807, 2.05) is 0 Å². The molecule has 0 radical (unpaired) electrons. The van der Waals surface area contributed by atoms with Gasteiger partial charge in [-0.1, -0.05) is 0 Å². The molecule has 0 atom stereocenters. The normalized spacial score (nSPS) is 10.0. The Morgan fingerprint density at radius 1 is 1.10 bits per heavy atom. The highest BCUT2D eigenvalue weighted by Crippen LogP contribution is 2.29. The molecule has 0 unspecified atom stereocenters. The van der Waals surface area contributed by atoms with Gasteiger partial charge in [-0.15, -0.1) is 0 Å². The zero-order valence-electron chi connectivity index (χ0n) is 11.5. The van der Waals surface area contributed by atoms with Crippen LogP contribution in [0.4, 0.5) is 5.69 Å². The van der Waals surface area contributed by atoms with Crippen molar-refractivity contribution >= 4 is 27.5 Å². The molecule has 0 saturated heterocycles. The molecule has 0 aliphatic rings. The minimum atomic E-state index is -0.289. The van der Waals surface area contributed by atoms with E-state index in [9.17, 15) is 9.90 Å².